The van der Waals surface area contributed by atoms with Crippen LogP contribution in [0.25, 0.3) is 170 Å². The highest BCUT2D eigenvalue weighted by atomic mass is 79.9. The summed E-state index contributed by atoms with van der Waals surface area (Å²) in [5.41, 5.74) is 23.6. The molecule has 20 aromatic rings. The van der Waals surface area contributed by atoms with Crippen molar-refractivity contribution in [3.05, 3.63) is 301 Å². The quantitative estimate of drug-likeness (QED) is 0.156. The van der Waals surface area contributed by atoms with E-state index >= 15 is 0 Å². The molecule has 0 N–H and O–H groups in total. The number of hydrogen-bond acceptors (Lipinski definition) is 4. The fourth-order valence-corrected chi connectivity index (χ4v) is 16.5. The molecule has 12 aromatic carbocycles. The molecule has 0 amide bonds. The number of rotatable bonds is 6. The van der Waals surface area contributed by atoms with Crippen LogP contribution in [0.2, 0.25) is 0 Å². The van der Waals surface area contributed by atoms with E-state index in [0.29, 0.717) is 0 Å². The molecule has 0 saturated carbocycles. The molecule has 0 aliphatic carbocycles. The predicted octanol–water partition coefficient (Wildman–Crippen LogP) is 23.5. The molecule has 98 heavy (non-hydrogen) atoms. The van der Waals surface area contributed by atoms with E-state index in [1.807, 2.05) is 18.5 Å². The van der Waals surface area contributed by atoms with Gasteiger partial charge in [0, 0.05) is 109 Å². The fraction of sp³-hybridized carbons (Fsp3) is 0.0682. The van der Waals surface area contributed by atoms with Gasteiger partial charge < -0.3 is 22.5 Å². The topological polar surface area (TPSA) is 57.5 Å². The fourth-order valence-electron chi connectivity index (χ4n) is 15.5. The number of benzene rings is 12. The first-order valence-electron chi connectivity index (χ1n) is 33.3. The number of hydrogen-bond donors (Lipinski definition) is 0. The largest absolute Gasteiger partial charge is 0.494 e. The molecule has 1 fully saturated rings. The highest BCUT2D eigenvalue weighted by Crippen LogP contribution is 2.46. The van der Waals surface area contributed by atoms with Crippen molar-refractivity contribution in [1.82, 2.24) is 23.2 Å². The Hall–Kier alpha value is -10.7. The van der Waals surface area contributed by atoms with E-state index in [1.165, 1.54) is 148 Å². The number of pyridine rings is 2. The van der Waals surface area contributed by atoms with Gasteiger partial charge in [0.1, 0.15) is 0 Å². The van der Waals surface area contributed by atoms with E-state index in [0.717, 1.165) is 36.7 Å². The molecule has 8 aromatic heterocycles. The summed E-state index contributed by atoms with van der Waals surface area (Å²) in [6.07, 6.45) is 7.42. The zero-order valence-electron chi connectivity index (χ0n) is 54.1. The summed E-state index contributed by atoms with van der Waals surface area (Å²) >= 11 is 6.54. The van der Waals surface area contributed by atoms with Crippen LogP contribution < -0.4 is 5.46 Å². The molecule has 21 rings (SSSR count). The molecule has 0 spiro atoms. The number of nitrogens with zero attached hydrogens (tertiary/aromatic N) is 5. The van der Waals surface area contributed by atoms with Crippen molar-refractivity contribution >= 4 is 159 Å². The van der Waals surface area contributed by atoms with Gasteiger partial charge in [-0.2, -0.15) is 0 Å². The summed E-state index contributed by atoms with van der Waals surface area (Å²) in [6, 6.07) is 97.4. The Kier molecular flexibility index (Phi) is 13.4. The summed E-state index contributed by atoms with van der Waals surface area (Å²) in [4.78, 5) is 8.60. The van der Waals surface area contributed by atoms with Crippen LogP contribution in [-0.4, -0.2) is 41.5 Å². The monoisotopic (exact) mass is 1390 g/mol. The van der Waals surface area contributed by atoms with E-state index in [1.54, 1.807) is 12.4 Å². The lowest BCUT2D eigenvalue weighted by molar-refractivity contribution is 0.00578. The molecule has 1 saturated heterocycles. The second kappa shape index (κ2) is 22.4. The highest BCUT2D eigenvalue weighted by molar-refractivity contribution is 9.11. The van der Waals surface area contributed by atoms with Gasteiger partial charge in [-0.1, -0.05) is 182 Å². The molecule has 466 valence electrons. The highest BCUT2D eigenvalue weighted by Gasteiger charge is 2.51. The van der Waals surface area contributed by atoms with Crippen molar-refractivity contribution in [1.29, 1.82) is 0 Å². The standard InChI is InChI=1S/C53H31N3.C30H26BNO2.C5H3Br2N/c1-5-13-48-40(9-1)44-26-36(27-45-41-10-2-6-14-49(41)55(48)52(44)45)32-17-21-34(22-18-32)38-25-39(31-54-30-38)35-23-19-33(20-24-35)37-28-46-42-11-3-7-15-50(42)56-51-16-8-4-12-43(51)47(29-37)53(46)56;1-29(2)30(3,4)34-31(33-29)21-15-13-19(14-16-21)20-17-24-22-9-5-7-11-26(22)32-27-12-8-6-10-23(27)25(18-20)28(24)32;6-4-1-5(7)3-8-2-4/h1-31H;5-18H,1-4H3;1-3H. The SMILES string of the molecule is Brc1cncc(Br)c1.CC1(C)OB(c2ccc(-c3cc4c5ccccc5n5c6ccccc6c(c3)c45)cc2)OC1(C)C.c1ccc2c(c1)c1cc(-c3ccc(-c4cncc(-c5ccc(-c6cc7c8ccccc8n8c9ccccc9c(c6)c78)cc5)c4)cc3)cc3c4ccccc4n2c13. The van der Waals surface area contributed by atoms with Crippen molar-refractivity contribution in [2.45, 2.75) is 38.9 Å². The molecule has 0 unspecified atom stereocenters. The van der Waals surface area contributed by atoms with Gasteiger partial charge in [-0.25, -0.2) is 0 Å². The summed E-state index contributed by atoms with van der Waals surface area (Å²) in [7, 11) is -0.343. The van der Waals surface area contributed by atoms with Gasteiger partial charge in [0.25, 0.3) is 0 Å². The first-order valence-corrected chi connectivity index (χ1v) is 34.9. The number of halogens is 2. The Morgan fingerprint density at radius 1 is 0.265 bits per heavy atom. The van der Waals surface area contributed by atoms with Crippen LogP contribution in [0.5, 0.6) is 0 Å². The average Bonchev–Trinajstić information content (AvgIpc) is 1.56. The van der Waals surface area contributed by atoms with Crippen LogP contribution >= 0.6 is 31.9 Å². The lowest BCUT2D eigenvalue weighted by Gasteiger charge is -2.32. The lowest BCUT2D eigenvalue weighted by atomic mass is 9.78. The van der Waals surface area contributed by atoms with Crippen molar-refractivity contribution in [3.8, 4) is 55.6 Å². The first-order chi connectivity index (χ1) is 47.9. The van der Waals surface area contributed by atoms with Crippen molar-refractivity contribution in [3.63, 3.8) is 0 Å². The van der Waals surface area contributed by atoms with Gasteiger partial charge in [0.15, 0.2) is 0 Å². The van der Waals surface area contributed by atoms with Crippen LogP contribution in [-0.2, 0) is 9.31 Å². The predicted molar refractivity (Wildman–Crippen MR) is 417 cm³/mol. The number of fused-ring (bicyclic) bond motifs is 18. The number of para-hydroxylation sites is 6. The molecule has 7 nitrogen and oxygen atoms in total. The average molecular weight is 1390 g/mol. The van der Waals surface area contributed by atoms with Crippen LogP contribution in [0, 0.1) is 0 Å². The third-order valence-corrected chi connectivity index (χ3v) is 21.8. The second-order valence-corrected chi connectivity index (χ2v) is 28.8. The number of aromatic nitrogens is 5. The molecular weight excluding hydrogens is 1330 g/mol. The van der Waals surface area contributed by atoms with Gasteiger partial charge >= 0.3 is 7.12 Å². The molecule has 0 bridgehead atoms. The second-order valence-electron chi connectivity index (χ2n) is 27.0. The van der Waals surface area contributed by atoms with Crippen molar-refractivity contribution in [2.24, 2.45) is 0 Å². The minimum atomic E-state index is -0.343. The minimum Gasteiger partial charge on any atom is -0.399 e. The normalized spacial score (nSPS) is 13.9. The maximum atomic E-state index is 6.25. The Balaban J connectivity index is 0.000000135. The molecule has 0 radical (unpaired) electrons. The first kappa shape index (κ1) is 58.6. The third kappa shape index (κ3) is 9.22. The van der Waals surface area contributed by atoms with E-state index in [2.05, 4.69) is 339 Å². The third-order valence-electron chi connectivity index (χ3n) is 20.9. The van der Waals surface area contributed by atoms with E-state index in [9.17, 15) is 0 Å². The summed E-state index contributed by atoms with van der Waals surface area (Å²) in [5, 5.41) is 15.6. The van der Waals surface area contributed by atoms with Gasteiger partial charge in [-0.3, -0.25) is 9.97 Å². The maximum absolute atomic E-state index is 6.25. The zero-order valence-corrected chi connectivity index (χ0v) is 57.3. The van der Waals surface area contributed by atoms with Crippen molar-refractivity contribution in [2.75, 3.05) is 0 Å². The van der Waals surface area contributed by atoms with Crippen LogP contribution in [0.3, 0.4) is 0 Å². The van der Waals surface area contributed by atoms with E-state index in [-0.39, 0.29) is 18.3 Å². The molecule has 10 heteroatoms. The summed E-state index contributed by atoms with van der Waals surface area (Å²) < 4.78 is 21.8. The Labute approximate surface area is 582 Å². The smallest absolute Gasteiger partial charge is 0.399 e. The van der Waals surface area contributed by atoms with Gasteiger partial charge in [0.2, 0.25) is 0 Å². The van der Waals surface area contributed by atoms with E-state index in [4.69, 9.17) is 14.3 Å². The van der Waals surface area contributed by atoms with Gasteiger partial charge in [-0.05, 0) is 194 Å². The van der Waals surface area contributed by atoms with Crippen molar-refractivity contribution < 1.29 is 9.31 Å². The molecule has 0 atom stereocenters. The zero-order chi connectivity index (χ0) is 65.7. The molecule has 1 aliphatic rings. The Morgan fingerprint density at radius 2 is 0.510 bits per heavy atom. The van der Waals surface area contributed by atoms with E-state index < -0.39 is 0 Å². The summed E-state index contributed by atoms with van der Waals surface area (Å²) in [6.45, 7) is 8.36. The van der Waals surface area contributed by atoms with Crippen LogP contribution in [0.1, 0.15) is 27.7 Å². The van der Waals surface area contributed by atoms with Gasteiger partial charge in [0.05, 0.1) is 60.9 Å². The Morgan fingerprint density at radius 3 is 0.776 bits per heavy atom. The van der Waals surface area contributed by atoms with Crippen LogP contribution in [0.15, 0.2) is 301 Å². The molecular formula is C88H60BBr2N5O2. The summed E-state index contributed by atoms with van der Waals surface area (Å²) in [5.74, 6) is 0. The minimum absolute atomic E-state index is 0.340. The molecule has 1 aliphatic heterocycles. The maximum Gasteiger partial charge on any atom is 0.494 e. The van der Waals surface area contributed by atoms with Crippen LogP contribution in [0.4, 0.5) is 0 Å². The molecule has 9 heterocycles. The lowest BCUT2D eigenvalue weighted by Crippen LogP contribution is -2.41. The van der Waals surface area contributed by atoms with Gasteiger partial charge in [-0.15, -0.1) is 0 Å². The Bertz CT molecular complexity index is 6010.